The molecule has 2 heterocycles. The zero-order chi connectivity index (χ0) is 17.1. The number of halogens is 1. The molecule has 0 radical (unpaired) electrons. The second-order valence-electron chi connectivity index (χ2n) is 4.98. The maximum atomic E-state index is 12.1. The number of anilines is 1. The van der Waals surface area contributed by atoms with E-state index in [1.165, 1.54) is 6.20 Å². The number of carbonyl (C=O) groups excluding carboxylic acids is 1. The summed E-state index contributed by atoms with van der Waals surface area (Å²) in [4.78, 5) is 28.0. The van der Waals surface area contributed by atoms with Crippen LogP contribution in [-0.4, -0.2) is 40.1 Å². The molecular weight excluding hydrogens is 338 g/mol. The average Bonchev–Trinajstić information content (AvgIpc) is 3.07. The first-order chi connectivity index (χ1) is 11.6. The van der Waals surface area contributed by atoms with E-state index in [-0.39, 0.29) is 24.1 Å². The molecule has 24 heavy (non-hydrogen) atoms. The highest BCUT2D eigenvalue weighted by Crippen LogP contribution is 2.23. The quantitative estimate of drug-likeness (QED) is 0.852. The van der Waals surface area contributed by atoms with E-state index < -0.39 is 24.1 Å². The normalized spacial score (nSPS) is 20.1. The molecule has 1 fully saturated rings. The number of rotatable bonds is 4. The lowest BCUT2D eigenvalue weighted by atomic mass is 10.2. The summed E-state index contributed by atoms with van der Waals surface area (Å²) < 4.78 is 11.6. The Morgan fingerprint density at radius 1 is 1.42 bits per heavy atom. The summed E-state index contributed by atoms with van der Waals surface area (Å²) in [6, 6.07) is 8.48. The fourth-order valence-electron chi connectivity index (χ4n) is 2.19. The summed E-state index contributed by atoms with van der Waals surface area (Å²) in [5.74, 6) is -0.465. The largest absolute Gasteiger partial charge is 0.391 e. The van der Waals surface area contributed by atoms with E-state index >= 15 is 0 Å². The molecule has 0 aliphatic carbocycles. The summed E-state index contributed by atoms with van der Waals surface area (Å²) in [5.41, 5.74) is -0.243. The molecule has 0 bridgehead atoms. The Labute approximate surface area is 141 Å². The minimum absolute atomic E-state index is 0.0376. The summed E-state index contributed by atoms with van der Waals surface area (Å²) in [5, 5.41) is 11.6. The van der Waals surface area contributed by atoms with Gasteiger partial charge in [-0.1, -0.05) is 29.8 Å². The van der Waals surface area contributed by atoms with Gasteiger partial charge in [0.15, 0.2) is 18.3 Å². The molecule has 8 nitrogen and oxygen atoms in total. The Balaban J connectivity index is 1.80. The lowest BCUT2D eigenvalue weighted by Crippen LogP contribution is -2.30. The summed E-state index contributed by atoms with van der Waals surface area (Å²) >= 11 is 6.10. The molecular formula is C15H14ClN3O5. The van der Waals surface area contributed by atoms with Gasteiger partial charge in [-0.25, -0.2) is 4.79 Å². The molecule has 9 heteroatoms. The number of nitrogens with zero attached hydrogens (tertiary/aromatic N) is 2. The van der Waals surface area contributed by atoms with E-state index in [1.807, 2.05) is 0 Å². The fourth-order valence-corrected chi connectivity index (χ4v) is 2.39. The Morgan fingerprint density at radius 3 is 2.83 bits per heavy atom. The smallest absolute Gasteiger partial charge is 0.351 e. The number of carbonyl (C=O) groups is 1. The van der Waals surface area contributed by atoms with E-state index in [4.69, 9.17) is 26.2 Å². The van der Waals surface area contributed by atoms with Crippen LogP contribution in [0, 0.1) is 0 Å². The number of hydrogen-bond donors (Lipinski definition) is 2. The third kappa shape index (κ3) is 3.46. The first-order valence-corrected chi connectivity index (χ1v) is 7.49. The van der Waals surface area contributed by atoms with Crippen LogP contribution in [-0.2, 0) is 9.47 Å². The van der Waals surface area contributed by atoms with Crippen LogP contribution in [0.4, 0.5) is 5.82 Å². The number of aliphatic hydroxyl groups excluding tert-OH is 1. The van der Waals surface area contributed by atoms with Gasteiger partial charge < -0.3 is 19.9 Å². The second-order valence-corrected chi connectivity index (χ2v) is 5.39. The van der Waals surface area contributed by atoms with Crippen molar-refractivity contribution in [1.82, 2.24) is 9.55 Å². The highest BCUT2D eigenvalue weighted by atomic mass is 35.5. The number of aliphatic hydroxyl groups is 1. The molecule has 1 saturated heterocycles. The Kier molecular flexibility index (Phi) is 4.91. The van der Waals surface area contributed by atoms with Gasteiger partial charge in [-0.15, -0.1) is 0 Å². The zero-order valence-electron chi connectivity index (χ0n) is 12.4. The van der Waals surface area contributed by atoms with E-state index in [9.17, 15) is 9.59 Å². The van der Waals surface area contributed by atoms with Crippen LogP contribution < -0.4 is 11.0 Å². The molecule has 3 rings (SSSR count). The predicted octanol–water partition coefficient (Wildman–Crippen LogP) is 1.01. The van der Waals surface area contributed by atoms with Gasteiger partial charge in [0.25, 0.3) is 5.91 Å². The van der Waals surface area contributed by atoms with Gasteiger partial charge in [0.2, 0.25) is 0 Å². The zero-order valence-corrected chi connectivity index (χ0v) is 13.1. The van der Waals surface area contributed by atoms with E-state index in [1.54, 1.807) is 30.3 Å². The second kappa shape index (κ2) is 7.10. The fraction of sp³-hybridized carbons (Fsp3) is 0.267. The summed E-state index contributed by atoms with van der Waals surface area (Å²) in [6.45, 7) is -0.240. The van der Waals surface area contributed by atoms with Crippen LogP contribution in [0.5, 0.6) is 0 Å². The van der Waals surface area contributed by atoms with Crippen molar-refractivity contribution < 1.29 is 19.4 Å². The van der Waals surface area contributed by atoms with Crippen molar-refractivity contribution in [2.45, 2.75) is 12.5 Å². The van der Waals surface area contributed by atoms with Gasteiger partial charge in [0.1, 0.15) is 0 Å². The highest BCUT2D eigenvalue weighted by molar-refractivity contribution is 6.33. The molecule has 1 aromatic carbocycles. The molecule has 0 spiro atoms. The maximum absolute atomic E-state index is 12.1. The molecule has 2 aromatic rings. The number of amides is 1. The van der Waals surface area contributed by atoms with Crippen LogP contribution in [0.25, 0.3) is 0 Å². The Bertz CT molecular complexity index is 795. The van der Waals surface area contributed by atoms with Crippen molar-refractivity contribution in [2.24, 2.45) is 0 Å². The van der Waals surface area contributed by atoms with Gasteiger partial charge in [-0.05, 0) is 12.1 Å². The molecule has 1 amide bonds. The van der Waals surface area contributed by atoms with Crippen LogP contribution in [0.2, 0.25) is 5.02 Å². The van der Waals surface area contributed by atoms with E-state index in [0.29, 0.717) is 5.56 Å². The first-order valence-electron chi connectivity index (χ1n) is 7.11. The van der Waals surface area contributed by atoms with Gasteiger partial charge in [0.05, 0.1) is 18.2 Å². The van der Waals surface area contributed by atoms with Gasteiger partial charge in [-0.2, -0.15) is 4.98 Å². The van der Waals surface area contributed by atoms with Gasteiger partial charge in [-0.3, -0.25) is 9.36 Å². The minimum Gasteiger partial charge on any atom is -0.391 e. The number of nitrogens with one attached hydrogen (secondary N) is 1. The van der Waals surface area contributed by atoms with Crippen LogP contribution in [0.15, 0.2) is 41.3 Å². The number of aromatic nitrogens is 2. The highest BCUT2D eigenvalue weighted by Gasteiger charge is 2.28. The van der Waals surface area contributed by atoms with Crippen molar-refractivity contribution in [3.05, 3.63) is 57.6 Å². The Morgan fingerprint density at radius 2 is 2.17 bits per heavy atom. The molecule has 1 aromatic heterocycles. The molecule has 2 atom stereocenters. The Hall–Kier alpha value is -2.26. The molecule has 2 unspecified atom stereocenters. The molecule has 1 aliphatic heterocycles. The first kappa shape index (κ1) is 16.6. The van der Waals surface area contributed by atoms with Crippen LogP contribution >= 0.6 is 11.6 Å². The number of benzene rings is 1. The van der Waals surface area contributed by atoms with Crippen LogP contribution in [0.3, 0.4) is 0 Å². The van der Waals surface area contributed by atoms with Gasteiger partial charge >= 0.3 is 5.69 Å². The van der Waals surface area contributed by atoms with Crippen molar-refractivity contribution in [1.29, 1.82) is 0 Å². The van der Waals surface area contributed by atoms with Gasteiger partial charge in [0, 0.05) is 11.8 Å². The molecule has 2 N–H and O–H groups in total. The van der Waals surface area contributed by atoms with Crippen LogP contribution in [0.1, 0.15) is 16.6 Å². The predicted molar refractivity (Wildman–Crippen MR) is 84.9 cm³/mol. The third-order valence-corrected chi connectivity index (χ3v) is 3.64. The van der Waals surface area contributed by atoms with E-state index in [2.05, 4.69) is 10.3 Å². The van der Waals surface area contributed by atoms with Crippen molar-refractivity contribution in [2.75, 3.05) is 18.5 Å². The minimum atomic E-state index is -0.793. The third-order valence-electron chi connectivity index (χ3n) is 3.37. The van der Waals surface area contributed by atoms with Crippen molar-refractivity contribution in [3.63, 3.8) is 0 Å². The van der Waals surface area contributed by atoms with Crippen molar-refractivity contribution >= 4 is 23.3 Å². The molecule has 0 saturated carbocycles. The monoisotopic (exact) mass is 351 g/mol. The van der Waals surface area contributed by atoms with Crippen molar-refractivity contribution in [3.8, 4) is 0 Å². The lowest BCUT2D eigenvalue weighted by molar-refractivity contribution is -0.0992. The summed E-state index contributed by atoms with van der Waals surface area (Å²) in [6.07, 6.45) is -0.220. The molecule has 1 aliphatic rings. The molecule has 126 valence electrons. The van der Waals surface area contributed by atoms with E-state index in [0.717, 1.165) is 4.57 Å². The topological polar surface area (TPSA) is 103 Å². The SMILES string of the molecule is O=C(Nc1nc(=O)n(C2COC(CO)O2)cc1Cl)c1ccccc1. The standard InChI is InChI=1S/C15H14ClN3O5/c16-10-6-19(11-8-23-12(7-20)24-11)15(22)18-13(10)17-14(21)9-4-2-1-3-5-9/h1-6,11-12,20H,7-8H2,(H,17,18,21,22). The summed E-state index contributed by atoms with van der Waals surface area (Å²) in [7, 11) is 0. The average molecular weight is 352 g/mol. The number of hydrogen-bond acceptors (Lipinski definition) is 6. The number of ether oxygens (including phenoxy) is 2. The maximum Gasteiger partial charge on any atom is 0.351 e. The lowest BCUT2D eigenvalue weighted by Gasteiger charge is -2.14.